The van der Waals surface area contributed by atoms with Crippen LogP contribution in [0.5, 0.6) is 0 Å². The first kappa shape index (κ1) is 13.2. The smallest absolute Gasteiger partial charge is 0.0364 e. The van der Waals surface area contributed by atoms with Crippen molar-refractivity contribution in [1.29, 1.82) is 0 Å². The summed E-state index contributed by atoms with van der Waals surface area (Å²) in [6, 6.07) is 0. The van der Waals surface area contributed by atoms with Crippen molar-refractivity contribution in [3.8, 4) is 0 Å². The molecule has 0 spiro atoms. The highest BCUT2D eigenvalue weighted by atomic mass is 15.3. The Labute approximate surface area is 99.6 Å². The van der Waals surface area contributed by atoms with E-state index in [1.807, 2.05) is 0 Å². The van der Waals surface area contributed by atoms with Gasteiger partial charge in [-0.1, -0.05) is 20.4 Å². The molecule has 1 heterocycles. The Balaban J connectivity index is 2.53. The van der Waals surface area contributed by atoms with Crippen molar-refractivity contribution in [3.05, 3.63) is 12.3 Å². The van der Waals surface area contributed by atoms with Gasteiger partial charge >= 0.3 is 0 Å². The molecule has 16 heavy (non-hydrogen) atoms. The maximum Gasteiger partial charge on any atom is 0.0364 e. The number of nitrogens with zero attached hydrogens (tertiary/aromatic N) is 2. The molecule has 1 N–H and O–H groups in total. The summed E-state index contributed by atoms with van der Waals surface area (Å²) in [6.45, 7) is 14.1. The van der Waals surface area contributed by atoms with E-state index in [0.29, 0.717) is 0 Å². The molecule has 0 bridgehead atoms. The lowest BCUT2D eigenvalue weighted by Gasteiger charge is -2.25. The fraction of sp³-hybridized carbons (Fsp3) is 0.769. The molecule has 0 fully saturated rings. The number of nitrogens with one attached hydrogen (secondary N) is 1. The van der Waals surface area contributed by atoms with E-state index >= 15 is 0 Å². The fourth-order valence-corrected chi connectivity index (χ4v) is 1.93. The monoisotopic (exact) mass is 223 g/mol. The molecule has 0 saturated carbocycles. The molecule has 0 radical (unpaired) electrons. The van der Waals surface area contributed by atoms with Gasteiger partial charge < -0.3 is 4.90 Å². The summed E-state index contributed by atoms with van der Waals surface area (Å²) < 4.78 is 0. The Bertz CT molecular complexity index is 256. The van der Waals surface area contributed by atoms with Crippen molar-refractivity contribution < 1.29 is 0 Å². The first-order valence-electron chi connectivity index (χ1n) is 6.27. The zero-order valence-corrected chi connectivity index (χ0v) is 10.9. The van der Waals surface area contributed by atoms with Crippen LogP contribution in [0.15, 0.2) is 17.4 Å². The van der Waals surface area contributed by atoms with Crippen LogP contribution in [0.1, 0.15) is 40.0 Å². The van der Waals surface area contributed by atoms with Crippen LogP contribution in [0.25, 0.3) is 0 Å². The SMILES string of the molecule is C=C1CCCN(CC(C)C)CC/C(C)=N\N1. The molecule has 1 aliphatic rings. The number of hydrogen-bond acceptors (Lipinski definition) is 3. The number of hydrogen-bond donors (Lipinski definition) is 1. The van der Waals surface area contributed by atoms with Gasteiger partial charge in [0.25, 0.3) is 0 Å². The standard InChI is InChI=1S/C13H25N3/c1-11(2)10-16-8-5-6-12(3)14-15-13(4)7-9-16/h11,14H,3,5-10H2,1-2,4H3/b15-13-. The summed E-state index contributed by atoms with van der Waals surface area (Å²) in [5.41, 5.74) is 5.23. The van der Waals surface area contributed by atoms with E-state index in [1.165, 1.54) is 19.5 Å². The van der Waals surface area contributed by atoms with Crippen LogP contribution in [0, 0.1) is 5.92 Å². The van der Waals surface area contributed by atoms with Crippen LogP contribution < -0.4 is 5.43 Å². The average molecular weight is 223 g/mol. The topological polar surface area (TPSA) is 27.6 Å². The molecular weight excluding hydrogens is 198 g/mol. The van der Waals surface area contributed by atoms with Crippen molar-refractivity contribution in [2.45, 2.75) is 40.0 Å². The highest BCUT2D eigenvalue weighted by molar-refractivity contribution is 5.81. The van der Waals surface area contributed by atoms with Crippen molar-refractivity contribution in [2.24, 2.45) is 11.0 Å². The first-order valence-corrected chi connectivity index (χ1v) is 6.27. The molecule has 3 nitrogen and oxygen atoms in total. The van der Waals surface area contributed by atoms with Gasteiger partial charge in [0.15, 0.2) is 0 Å². The lowest BCUT2D eigenvalue weighted by atomic mass is 10.1. The minimum absolute atomic E-state index is 0.738. The maximum absolute atomic E-state index is 4.32. The minimum atomic E-state index is 0.738. The first-order chi connectivity index (χ1) is 7.58. The van der Waals surface area contributed by atoms with Crippen molar-refractivity contribution in [1.82, 2.24) is 10.3 Å². The van der Waals surface area contributed by atoms with Crippen LogP contribution in [-0.2, 0) is 0 Å². The molecule has 3 heteroatoms. The Morgan fingerprint density at radius 1 is 1.38 bits per heavy atom. The van der Waals surface area contributed by atoms with E-state index < -0.39 is 0 Å². The van der Waals surface area contributed by atoms with Crippen molar-refractivity contribution in [3.63, 3.8) is 0 Å². The molecule has 0 saturated heterocycles. The number of rotatable bonds is 2. The second-order valence-corrected chi connectivity index (χ2v) is 5.11. The van der Waals surface area contributed by atoms with Crippen LogP contribution in [0.2, 0.25) is 0 Å². The summed E-state index contributed by atoms with van der Waals surface area (Å²) in [5, 5.41) is 4.32. The second-order valence-electron chi connectivity index (χ2n) is 5.11. The van der Waals surface area contributed by atoms with Crippen LogP contribution >= 0.6 is 0 Å². The van der Waals surface area contributed by atoms with Crippen LogP contribution in [0.3, 0.4) is 0 Å². The molecule has 0 atom stereocenters. The molecule has 0 amide bonds. The summed E-state index contributed by atoms with van der Waals surface area (Å²) in [7, 11) is 0. The van der Waals surface area contributed by atoms with Gasteiger partial charge in [0.2, 0.25) is 0 Å². The molecule has 0 aliphatic carbocycles. The average Bonchev–Trinajstić information content (AvgIpc) is 2.21. The second kappa shape index (κ2) is 6.69. The van der Waals surface area contributed by atoms with E-state index in [1.54, 1.807) is 0 Å². The van der Waals surface area contributed by atoms with Gasteiger partial charge in [-0.3, -0.25) is 5.43 Å². The summed E-state index contributed by atoms with van der Waals surface area (Å²) in [4.78, 5) is 2.54. The van der Waals surface area contributed by atoms with E-state index in [-0.39, 0.29) is 0 Å². The van der Waals surface area contributed by atoms with Gasteiger partial charge in [0.05, 0.1) is 0 Å². The summed E-state index contributed by atoms with van der Waals surface area (Å²) in [6.07, 6.45) is 3.24. The Morgan fingerprint density at radius 3 is 2.81 bits per heavy atom. The van der Waals surface area contributed by atoms with E-state index in [9.17, 15) is 0 Å². The Kier molecular flexibility index (Phi) is 5.53. The van der Waals surface area contributed by atoms with Gasteiger partial charge in [0.1, 0.15) is 0 Å². The van der Waals surface area contributed by atoms with Crippen molar-refractivity contribution >= 4 is 5.71 Å². The number of allylic oxidation sites excluding steroid dienone is 1. The van der Waals surface area contributed by atoms with E-state index in [4.69, 9.17) is 0 Å². The van der Waals surface area contributed by atoms with Gasteiger partial charge in [-0.25, -0.2) is 0 Å². The molecule has 0 aromatic heterocycles. The lowest BCUT2D eigenvalue weighted by molar-refractivity contribution is 0.246. The molecule has 0 aromatic rings. The molecular formula is C13H25N3. The highest BCUT2D eigenvalue weighted by Crippen LogP contribution is 2.07. The van der Waals surface area contributed by atoms with Gasteiger partial charge in [-0.05, 0) is 38.6 Å². The fourth-order valence-electron chi connectivity index (χ4n) is 1.93. The predicted octanol–water partition coefficient (Wildman–Crippen LogP) is 2.61. The maximum atomic E-state index is 4.32. The molecule has 0 aromatic carbocycles. The highest BCUT2D eigenvalue weighted by Gasteiger charge is 2.09. The third-order valence-corrected chi connectivity index (χ3v) is 2.77. The summed E-state index contributed by atoms with van der Waals surface area (Å²) >= 11 is 0. The third kappa shape index (κ3) is 5.31. The molecule has 0 unspecified atom stereocenters. The molecule has 1 rings (SSSR count). The minimum Gasteiger partial charge on any atom is -0.303 e. The number of hydrazone groups is 1. The van der Waals surface area contributed by atoms with Crippen molar-refractivity contribution in [2.75, 3.05) is 19.6 Å². The lowest BCUT2D eigenvalue weighted by Crippen LogP contribution is -2.32. The van der Waals surface area contributed by atoms with E-state index in [0.717, 1.165) is 36.7 Å². The van der Waals surface area contributed by atoms with Crippen LogP contribution in [-0.4, -0.2) is 30.2 Å². The molecule has 92 valence electrons. The van der Waals surface area contributed by atoms with Gasteiger partial charge in [-0.15, -0.1) is 0 Å². The Hall–Kier alpha value is -0.830. The summed E-state index contributed by atoms with van der Waals surface area (Å²) in [5.74, 6) is 0.738. The van der Waals surface area contributed by atoms with Gasteiger partial charge in [-0.2, -0.15) is 5.10 Å². The normalized spacial score (nSPS) is 23.8. The third-order valence-electron chi connectivity index (χ3n) is 2.77. The van der Waals surface area contributed by atoms with Crippen LogP contribution in [0.4, 0.5) is 0 Å². The molecule has 1 aliphatic heterocycles. The quantitative estimate of drug-likeness (QED) is 0.779. The predicted molar refractivity (Wildman–Crippen MR) is 70.5 cm³/mol. The zero-order valence-electron chi connectivity index (χ0n) is 10.9. The zero-order chi connectivity index (χ0) is 12.0. The van der Waals surface area contributed by atoms with E-state index in [2.05, 4.69) is 42.8 Å². The van der Waals surface area contributed by atoms with Gasteiger partial charge in [0, 0.05) is 24.5 Å². The Morgan fingerprint density at radius 2 is 2.12 bits per heavy atom. The largest absolute Gasteiger partial charge is 0.303 e.